The standard InChI is InChI=1S/C10H22N2/c1-4-8-9(11)6-5-7-10(8)12(2)3/h8-10H,4-7,11H2,1-3H3. The van der Waals surface area contributed by atoms with E-state index in [0.717, 1.165) is 6.04 Å². The summed E-state index contributed by atoms with van der Waals surface area (Å²) in [6.45, 7) is 2.26. The van der Waals surface area contributed by atoms with Crippen LogP contribution < -0.4 is 5.73 Å². The van der Waals surface area contributed by atoms with Crippen LogP contribution in [0.2, 0.25) is 0 Å². The Morgan fingerprint density at radius 3 is 2.42 bits per heavy atom. The number of nitrogens with two attached hydrogens (primary N) is 1. The molecule has 0 aromatic heterocycles. The fourth-order valence-corrected chi connectivity index (χ4v) is 2.49. The second-order valence-corrected chi connectivity index (χ2v) is 4.20. The van der Waals surface area contributed by atoms with Crippen molar-refractivity contribution < 1.29 is 0 Å². The van der Waals surface area contributed by atoms with Crippen LogP contribution in [-0.2, 0) is 0 Å². The van der Waals surface area contributed by atoms with Crippen LogP contribution in [0.1, 0.15) is 32.6 Å². The molecule has 0 aliphatic heterocycles. The Morgan fingerprint density at radius 1 is 1.33 bits per heavy atom. The number of nitrogens with zero attached hydrogens (tertiary/aromatic N) is 1. The normalized spacial score (nSPS) is 37.2. The zero-order valence-corrected chi connectivity index (χ0v) is 8.59. The highest BCUT2D eigenvalue weighted by Gasteiger charge is 2.30. The van der Waals surface area contributed by atoms with E-state index in [4.69, 9.17) is 5.73 Å². The molecule has 0 heterocycles. The van der Waals surface area contributed by atoms with E-state index in [1.54, 1.807) is 0 Å². The molecule has 3 unspecified atom stereocenters. The predicted octanol–water partition coefficient (Wildman–Crippen LogP) is 1.45. The fraction of sp³-hybridized carbons (Fsp3) is 1.00. The molecule has 1 rings (SSSR count). The molecular weight excluding hydrogens is 148 g/mol. The van der Waals surface area contributed by atoms with Gasteiger partial charge < -0.3 is 10.6 Å². The minimum Gasteiger partial charge on any atom is -0.327 e. The van der Waals surface area contributed by atoms with Gasteiger partial charge in [0.1, 0.15) is 0 Å². The molecule has 12 heavy (non-hydrogen) atoms. The van der Waals surface area contributed by atoms with Crippen LogP contribution in [0.3, 0.4) is 0 Å². The second-order valence-electron chi connectivity index (χ2n) is 4.20. The van der Waals surface area contributed by atoms with Gasteiger partial charge in [-0.2, -0.15) is 0 Å². The lowest BCUT2D eigenvalue weighted by Crippen LogP contribution is -2.47. The van der Waals surface area contributed by atoms with Gasteiger partial charge >= 0.3 is 0 Å². The topological polar surface area (TPSA) is 29.3 Å². The van der Waals surface area contributed by atoms with E-state index in [2.05, 4.69) is 25.9 Å². The van der Waals surface area contributed by atoms with Gasteiger partial charge in [-0.25, -0.2) is 0 Å². The average molecular weight is 170 g/mol. The van der Waals surface area contributed by atoms with Crippen molar-refractivity contribution >= 4 is 0 Å². The van der Waals surface area contributed by atoms with Gasteiger partial charge in [0.25, 0.3) is 0 Å². The van der Waals surface area contributed by atoms with Gasteiger partial charge in [0.15, 0.2) is 0 Å². The highest BCUT2D eigenvalue weighted by Crippen LogP contribution is 2.28. The van der Waals surface area contributed by atoms with Gasteiger partial charge in [0.05, 0.1) is 0 Å². The summed E-state index contributed by atoms with van der Waals surface area (Å²) < 4.78 is 0. The van der Waals surface area contributed by atoms with Crippen molar-refractivity contribution in [1.82, 2.24) is 4.90 Å². The van der Waals surface area contributed by atoms with E-state index >= 15 is 0 Å². The zero-order chi connectivity index (χ0) is 9.14. The number of hydrogen-bond donors (Lipinski definition) is 1. The molecular formula is C10H22N2. The number of hydrogen-bond acceptors (Lipinski definition) is 2. The third-order valence-electron chi connectivity index (χ3n) is 3.22. The van der Waals surface area contributed by atoms with E-state index in [1.165, 1.54) is 25.7 Å². The largest absolute Gasteiger partial charge is 0.327 e. The predicted molar refractivity (Wildman–Crippen MR) is 53.1 cm³/mol. The lowest BCUT2D eigenvalue weighted by molar-refractivity contribution is 0.133. The van der Waals surface area contributed by atoms with Crippen molar-refractivity contribution in [3.63, 3.8) is 0 Å². The van der Waals surface area contributed by atoms with E-state index < -0.39 is 0 Å². The summed E-state index contributed by atoms with van der Waals surface area (Å²) in [6, 6.07) is 1.16. The van der Waals surface area contributed by atoms with Crippen molar-refractivity contribution in [2.75, 3.05) is 14.1 Å². The van der Waals surface area contributed by atoms with Crippen LogP contribution in [0.4, 0.5) is 0 Å². The van der Waals surface area contributed by atoms with Crippen molar-refractivity contribution in [1.29, 1.82) is 0 Å². The van der Waals surface area contributed by atoms with Crippen LogP contribution in [0.25, 0.3) is 0 Å². The molecule has 2 N–H and O–H groups in total. The van der Waals surface area contributed by atoms with Crippen LogP contribution >= 0.6 is 0 Å². The molecule has 0 saturated heterocycles. The Kier molecular flexibility index (Phi) is 3.53. The lowest BCUT2D eigenvalue weighted by atomic mass is 9.79. The summed E-state index contributed by atoms with van der Waals surface area (Å²) in [5, 5.41) is 0. The average Bonchev–Trinajstić information content (AvgIpc) is 2.03. The first-order valence-corrected chi connectivity index (χ1v) is 5.08. The van der Waals surface area contributed by atoms with E-state index in [0.29, 0.717) is 12.0 Å². The summed E-state index contributed by atoms with van der Waals surface area (Å²) in [6.07, 6.45) is 5.09. The van der Waals surface area contributed by atoms with Crippen LogP contribution in [0, 0.1) is 5.92 Å². The molecule has 1 aliphatic carbocycles. The number of rotatable bonds is 2. The summed E-state index contributed by atoms with van der Waals surface area (Å²) >= 11 is 0. The first-order valence-electron chi connectivity index (χ1n) is 5.08. The molecule has 3 atom stereocenters. The molecule has 1 fully saturated rings. The minimum atomic E-state index is 0.441. The summed E-state index contributed by atoms with van der Waals surface area (Å²) in [7, 11) is 4.34. The molecule has 0 aromatic rings. The Morgan fingerprint density at radius 2 is 2.00 bits per heavy atom. The van der Waals surface area contributed by atoms with Gasteiger partial charge in [0, 0.05) is 12.1 Å². The Labute approximate surface area is 76.1 Å². The smallest absolute Gasteiger partial charge is 0.0132 e. The second kappa shape index (κ2) is 4.24. The lowest BCUT2D eigenvalue weighted by Gasteiger charge is -2.39. The quantitative estimate of drug-likeness (QED) is 0.679. The third kappa shape index (κ3) is 1.99. The zero-order valence-electron chi connectivity index (χ0n) is 8.59. The molecule has 0 aromatic carbocycles. The molecule has 0 bridgehead atoms. The Hall–Kier alpha value is -0.0800. The van der Waals surface area contributed by atoms with Gasteiger partial charge in [-0.05, 0) is 32.9 Å². The molecule has 0 amide bonds. The first kappa shape index (κ1) is 10.0. The maximum absolute atomic E-state index is 6.09. The molecule has 2 nitrogen and oxygen atoms in total. The highest BCUT2D eigenvalue weighted by atomic mass is 15.1. The van der Waals surface area contributed by atoms with Gasteiger partial charge in [-0.3, -0.25) is 0 Å². The van der Waals surface area contributed by atoms with Gasteiger partial charge in [-0.15, -0.1) is 0 Å². The summed E-state index contributed by atoms with van der Waals surface area (Å²) in [5.74, 6) is 0.716. The van der Waals surface area contributed by atoms with Crippen molar-refractivity contribution in [2.45, 2.75) is 44.7 Å². The van der Waals surface area contributed by atoms with E-state index in [9.17, 15) is 0 Å². The van der Waals surface area contributed by atoms with Crippen LogP contribution in [0.5, 0.6) is 0 Å². The van der Waals surface area contributed by atoms with Crippen LogP contribution in [0.15, 0.2) is 0 Å². The van der Waals surface area contributed by atoms with Gasteiger partial charge in [-0.1, -0.05) is 19.8 Å². The molecule has 72 valence electrons. The molecule has 2 heteroatoms. The van der Waals surface area contributed by atoms with E-state index in [-0.39, 0.29) is 0 Å². The van der Waals surface area contributed by atoms with Crippen molar-refractivity contribution in [3.8, 4) is 0 Å². The fourth-order valence-electron chi connectivity index (χ4n) is 2.49. The van der Waals surface area contributed by atoms with Gasteiger partial charge in [0.2, 0.25) is 0 Å². The Bertz CT molecular complexity index is 134. The Balaban J connectivity index is 2.57. The monoisotopic (exact) mass is 170 g/mol. The van der Waals surface area contributed by atoms with Crippen LogP contribution in [-0.4, -0.2) is 31.1 Å². The maximum atomic E-state index is 6.09. The third-order valence-corrected chi connectivity index (χ3v) is 3.22. The molecule has 0 radical (unpaired) electrons. The first-order chi connectivity index (χ1) is 5.66. The molecule has 0 spiro atoms. The highest BCUT2D eigenvalue weighted by molar-refractivity contribution is 4.87. The van der Waals surface area contributed by atoms with Crippen molar-refractivity contribution in [2.24, 2.45) is 11.7 Å². The minimum absolute atomic E-state index is 0.441. The molecule has 1 saturated carbocycles. The van der Waals surface area contributed by atoms with Crippen molar-refractivity contribution in [3.05, 3.63) is 0 Å². The molecule has 1 aliphatic rings. The maximum Gasteiger partial charge on any atom is 0.0132 e. The van der Waals surface area contributed by atoms with E-state index in [1.807, 2.05) is 0 Å². The SMILES string of the molecule is CCC1C(N)CCCC1N(C)C. The summed E-state index contributed by atoms with van der Waals surface area (Å²) in [4.78, 5) is 2.34. The summed E-state index contributed by atoms with van der Waals surface area (Å²) in [5.41, 5.74) is 6.09.